The molecule has 0 bridgehead atoms. The first-order chi connectivity index (χ1) is 15.1. The topological polar surface area (TPSA) is 82.6 Å². The average Bonchev–Trinajstić information content (AvgIpc) is 2.83. The number of amides is 3. The molecule has 2 aliphatic rings. The molecule has 0 radical (unpaired) electrons. The zero-order valence-corrected chi connectivity index (χ0v) is 17.6. The monoisotopic (exact) mass is 420 g/mol. The number of rotatable bonds is 5. The van der Waals surface area contributed by atoms with E-state index in [1.165, 1.54) is 0 Å². The summed E-state index contributed by atoms with van der Waals surface area (Å²) in [5.41, 5.74) is 2.44. The third-order valence-electron chi connectivity index (χ3n) is 6.09. The maximum atomic E-state index is 12.9. The molecule has 3 amide bonds. The van der Waals surface area contributed by atoms with Crippen LogP contribution in [0.3, 0.4) is 0 Å². The first kappa shape index (κ1) is 21.0. The Morgan fingerprint density at radius 2 is 1.81 bits per heavy atom. The van der Waals surface area contributed by atoms with Gasteiger partial charge in [0.15, 0.2) is 0 Å². The Bertz CT molecular complexity index is 922. The van der Waals surface area contributed by atoms with Crippen molar-refractivity contribution in [2.45, 2.75) is 38.6 Å². The number of pyridine rings is 1. The van der Waals surface area contributed by atoms with Crippen LogP contribution in [0.15, 0.2) is 48.8 Å². The number of hydrogen-bond acceptors (Lipinski definition) is 4. The predicted molar refractivity (Wildman–Crippen MR) is 117 cm³/mol. The number of benzene rings is 1. The Balaban J connectivity index is 1.28. The molecule has 7 heteroatoms. The third kappa shape index (κ3) is 5.10. The molecule has 2 fully saturated rings. The van der Waals surface area contributed by atoms with Crippen LogP contribution in [0.4, 0.5) is 5.69 Å². The summed E-state index contributed by atoms with van der Waals surface area (Å²) in [4.78, 5) is 45.1. The highest BCUT2D eigenvalue weighted by Gasteiger charge is 2.28. The molecule has 7 nitrogen and oxygen atoms in total. The van der Waals surface area contributed by atoms with Gasteiger partial charge < -0.3 is 15.1 Å². The first-order valence-electron chi connectivity index (χ1n) is 11.0. The van der Waals surface area contributed by atoms with E-state index in [9.17, 15) is 14.4 Å². The molecule has 0 unspecified atom stereocenters. The molecule has 4 rings (SSSR count). The summed E-state index contributed by atoms with van der Waals surface area (Å²) in [7, 11) is 0. The van der Waals surface area contributed by atoms with Gasteiger partial charge in [-0.2, -0.15) is 0 Å². The van der Waals surface area contributed by atoms with E-state index in [-0.39, 0.29) is 23.6 Å². The lowest BCUT2D eigenvalue weighted by molar-refractivity contribution is -0.126. The molecular weight excluding hydrogens is 392 g/mol. The van der Waals surface area contributed by atoms with Crippen LogP contribution in [0, 0.1) is 5.92 Å². The summed E-state index contributed by atoms with van der Waals surface area (Å²) in [6, 6.07) is 11.1. The molecule has 2 aliphatic heterocycles. The van der Waals surface area contributed by atoms with Gasteiger partial charge in [-0.25, -0.2) is 0 Å². The maximum Gasteiger partial charge on any atom is 0.253 e. The first-order valence-corrected chi connectivity index (χ1v) is 11.0. The van der Waals surface area contributed by atoms with Crippen molar-refractivity contribution in [3.63, 3.8) is 0 Å². The highest BCUT2D eigenvalue weighted by molar-refractivity contribution is 5.97. The Kier molecular flexibility index (Phi) is 6.60. The van der Waals surface area contributed by atoms with Crippen molar-refractivity contribution in [3.8, 4) is 0 Å². The van der Waals surface area contributed by atoms with Crippen LogP contribution in [0.1, 0.15) is 48.0 Å². The molecule has 0 aliphatic carbocycles. The Labute approximate surface area is 182 Å². The van der Waals surface area contributed by atoms with E-state index in [0.29, 0.717) is 44.5 Å². The van der Waals surface area contributed by atoms with Gasteiger partial charge in [0.1, 0.15) is 0 Å². The molecule has 31 heavy (non-hydrogen) atoms. The number of hydrogen-bond donors (Lipinski definition) is 1. The van der Waals surface area contributed by atoms with E-state index in [1.54, 1.807) is 29.4 Å². The van der Waals surface area contributed by atoms with E-state index in [1.807, 2.05) is 29.2 Å². The van der Waals surface area contributed by atoms with Gasteiger partial charge >= 0.3 is 0 Å². The number of carbonyl (C=O) groups is 3. The van der Waals surface area contributed by atoms with Crippen molar-refractivity contribution in [1.82, 2.24) is 15.2 Å². The number of likely N-dealkylation sites (tertiary alicyclic amines) is 1. The highest BCUT2D eigenvalue weighted by atomic mass is 16.2. The lowest BCUT2D eigenvalue weighted by Crippen LogP contribution is -2.43. The van der Waals surface area contributed by atoms with Crippen molar-refractivity contribution in [1.29, 1.82) is 0 Å². The van der Waals surface area contributed by atoms with Crippen LogP contribution in [-0.2, 0) is 16.1 Å². The van der Waals surface area contributed by atoms with Gasteiger partial charge in [0.05, 0.1) is 0 Å². The fourth-order valence-electron chi connectivity index (χ4n) is 4.23. The SMILES string of the molecule is O=C(NCc1cccnc1)C1CCN(C(=O)c2ccc(N3CCCCC3=O)cc2)CC1. The molecule has 3 heterocycles. The Morgan fingerprint density at radius 3 is 2.48 bits per heavy atom. The lowest BCUT2D eigenvalue weighted by Gasteiger charge is -2.31. The fourth-order valence-corrected chi connectivity index (χ4v) is 4.23. The molecule has 2 aromatic rings. The summed E-state index contributed by atoms with van der Waals surface area (Å²) >= 11 is 0. The molecule has 0 saturated carbocycles. The van der Waals surface area contributed by atoms with E-state index in [4.69, 9.17) is 0 Å². The predicted octanol–water partition coefficient (Wildman–Crippen LogP) is 2.77. The van der Waals surface area contributed by atoms with Crippen molar-refractivity contribution >= 4 is 23.4 Å². The minimum atomic E-state index is -0.0757. The summed E-state index contributed by atoms with van der Waals surface area (Å²) in [5.74, 6) is 0.0830. The largest absolute Gasteiger partial charge is 0.352 e. The van der Waals surface area contributed by atoms with Gasteiger partial charge in [-0.1, -0.05) is 6.07 Å². The van der Waals surface area contributed by atoms with Gasteiger partial charge in [0, 0.05) is 62.2 Å². The maximum absolute atomic E-state index is 12.9. The van der Waals surface area contributed by atoms with Crippen molar-refractivity contribution in [2.24, 2.45) is 5.92 Å². The second-order valence-corrected chi connectivity index (χ2v) is 8.19. The Hall–Kier alpha value is -3.22. The van der Waals surface area contributed by atoms with Gasteiger partial charge in [-0.3, -0.25) is 19.4 Å². The number of carbonyl (C=O) groups excluding carboxylic acids is 3. The normalized spacial score (nSPS) is 17.5. The smallest absolute Gasteiger partial charge is 0.253 e. The lowest BCUT2D eigenvalue weighted by atomic mass is 9.95. The second kappa shape index (κ2) is 9.73. The van der Waals surface area contributed by atoms with Crippen LogP contribution < -0.4 is 10.2 Å². The van der Waals surface area contributed by atoms with E-state index in [2.05, 4.69) is 10.3 Å². The summed E-state index contributed by atoms with van der Waals surface area (Å²) in [6.07, 6.45) is 7.31. The zero-order valence-electron chi connectivity index (χ0n) is 17.6. The van der Waals surface area contributed by atoms with Crippen molar-refractivity contribution in [2.75, 3.05) is 24.5 Å². The minimum absolute atomic E-state index is 0.0225. The third-order valence-corrected chi connectivity index (χ3v) is 6.09. The number of anilines is 1. The van der Waals surface area contributed by atoms with Crippen LogP contribution in [0.2, 0.25) is 0 Å². The summed E-state index contributed by atoms with van der Waals surface area (Å²) < 4.78 is 0. The second-order valence-electron chi connectivity index (χ2n) is 8.19. The zero-order chi connectivity index (χ0) is 21.6. The van der Waals surface area contributed by atoms with Crippen molar-refractivity contribution in [3.05, 3.63) is 59.9 Å². The number of aromatic nitrogens is 1. The van der Waals surface area contributed by atoms with Crippen LogP contribution >= 0.6 is 0 Å². The minimum Gasteiger partial charge on any atom is -0.352 e. The average molecular weight is 421 g/mol. The van der Waals surface area contributed by atoms with Crippen LogP contribution in [0.25, 0.3) is 0 Å². The molecule has 2 saturated heterocycles. The number of piperidine rings is 2. The molecule has 0 spiro atoms. The van der Waals surface area contributed by atoms with E-state index in [0.717, 1.165) is 30.6 Å². The molecule has 1 aromatic carbocycles. The highest BCUT2D eigenvalue weighted by Crippen LogP contribution is 2.23. The van der Waals surface area contributed by atoms with Crippen LogP contribution in [0.5, 0.6) is 0 Å². The van der Waals surface area contributed by atoms with E-state index >= 15 is 0 Å². The van der Waals surface area contributed by atoms with E-state index < -0.39 is 0 Å². The molecule has 0 atom stereocenters. The van der Waals surface area contributed by atoms with Crippen molar-refractivity contribution < 1.29 is 14.4 Å². The van der Waals surface area contributed by atoms with Gasteiger partial charge in [-0.05, 0) is 61.6 Å². The van der Waals surface area contributed by atoms with Crippen LogP contribution in [-0.4, -0.2) is 47.2 Å². The standard InChI is InChI=1S/C24H28N4O3/c29-22-5-1-2-13-28(22)21-8-6-20(7-9-21)24(31)27-14-10-19(11-15-27)23(30)26-17-18-4-3-12-25-16-18/h3-4,6-9,12,16,19H,1-2,5,10-11,13-15,17H2,(H,26,30). The van der Waals surface area contributed by atoms with Gasteiger partial charge in [0.25, 0.3) is 5.91 Å². The Morgan fingerprint density at radius 1 is 1.03 bits per heavy atom. The molecule has 162 valence electrons. The fraction of sp³-hybridized carbons (Fsp3) is 0.417. The number of nitrogens with zero attached hydrogens (tertiary/aromatic N) is 3. The number of nitrogens with one attached hydrogen (secondary N) is 1. The van der Waals surface area contributed by atoms with Gasteiger partial charge in [0.2, 0.25) is 11.8 Å². The molecule has 1 N–H and O–H groups in total. The summed E-state index contributed by atoms with van der Waals surface area (Å²) in [6.45, 7) is 2.34. The summed E-state index contributed by atoms with van der Waals surface area (Å²) in [5, 5.41) is 2.97. The van der Waals surface area contributed by atoms with Gasteiger partial charge in [-0.15, -0.1) is 0 Å². The quantitative estimate of drug-likeness (QED) is 0.806. The molecule has 1 aromatic heterocycles. The molecular formula is C24H28N4O3.